The van der Waals surface area contributed by atoms with E-state index in [0.29, 0.717) is 40.4 Å². The zero-order valence-corrected chi connectivity index (χ0v) is 18.4. The summed E-state index contributed by atoms with van der Waals surface area (Å²) in [7, 11) is 0. The van der Waals surface area contributed by atoms with Crippen LogP contribution in [0.3, 0.4) is 0 Å². The fraction of sp³-hybridized carbons (Fsp3) is 0.238. The van der Waals surface area contributed by atoms with Gasteiger partial charge in [-0.1, -0.05) is 19.1 Å². The summed E-state index contributed by atoms with van der Waals surface area (Å²) in [6.07, 6.45) is 0.705. The minimum Gasteiger partial charge on any atom is -0.494 e. The van der Waals surface area contributed by atoms with E-state index in [1.165, 1.54) is 11.3 Å². The molecule has 0 fully saturated rings. The highest BCUT2D eigenvalue weighted by Gasteiger charge is 2.24. The Morgan fingerprint density at radius 3 is 2.52 bits per heavy atom. The van der Waals surface area contributed by atoms with Crippen LogP contribution in [0.2, 0.25) is 0 Å². The molecule has 0 aliphatic heterocycles. The van der Waals surface area contributed by atoms with Gasteiger partial charge in [0.2, 0.25) is 0 Å². The Labute approximate surface area is 181 Å². The molecule has 29 heavy (non-hydrogen) atoms. The number of thiophene rings is 1. The van der Waals surface area contributed by atoms with Crippen molar-refractivity contribution in [3.8, 4) is 16.9 Å². The number of carbonyl (C=O) groups is 2. The molecule has 3 aromatic rings. The number of benzene rings is 1. The minimum atomic E-state index is -0.479. The molecule has 0 spiro atoms. The van der Waals surface area contributed by atoms with E-state index in [2.05, 4.69) is 21.2 Å². The maximum absolute atomic E-state index is 12.7. The molecule has 0 saturated heterocycles. The molecule has 1 amide bonds. The maximum atomic E-state index is 12.7. The Hall–Kier alpha value is -2.58. The number of amides is 1. The van der Waals surface area contributed by atoms with Crippen LogP contribution in [0.5, 0.6) is 5.75 Å². The smallest absolute Gasteiger partial charge is 0.341 e. The van der Waals surface area contributed by atoms with Gasteiger partial charge < -0.3 is 19.2 Å². The molecule has 2 aromatic heterocycles. The van der Waals surface area contributed by atoms with Crippen LogP contribution in [-0.2, 0) is 4.74 Å². The lowest BCUT2D eigenvalue weighted by Crippen LogP contribution is -2.14. The summed E-state index contributed by atoms with van der Waals surface area (Å²) in [5, 5.41) is 4.99. The van der Waals surface area contributed by atoms with Crippen LogP contribution in [0.4, 0.5) is 5.00 Å². The van der Waals surface area contributed by atoms with Crippen molar-refractivity contribution in [1.82, 2.24) is 0 Å². The number of ether oxygens (including phenoxy) is 2. The number of anilines is 1. The van der Waals surface area contributed by atoms with Crippen molar-refractivity contribution >= 4 is 44.1 Å². The highest BCUT2D eigenvalue weighted by atomic mass is 79.9. The number of furan rings is 1. The van der Waals surface area contributed by atoms with Crippen LogP contribution in [0.25, 0.3) is 11.1 Å². The topological polar surface area (TPSA) is 77.8 Å². The highest BCUT2D eigenvalue weighted by molar-refractivity contribution is 9.10. The predicted octanol–water partition coefficient (Wildman–Crippen LogP) is 5.99. The summed E-state index contributed by atoms with van der Waals surface area (Å²) in [6, 6.07) is 10.6. The van der Waals surface area contributed by atoms with Gasteiger partial charge in [-0.3, -0.25) is 4.79 Å². The Kier molecular flexibility index (Phi) is 7.11. The first kappa shape index (κ1) is 21.1. The van der Waals surface area contributed by atoms with Gasteiger partial charge in [0.25, 0.3) is 5.91 Å². The van der Waals surface area contributed by atoms with Crippen molar-refractivity contribution in [2.75, 3.05) is 18.5 Å². The molecule has 0 aliphatic rings. The van der Waals surface area contributed by atoms with Gasteiger partial charge in [0.05, 0.1) is 13.2 Å². The van der Waals surface area contributed by atoms with Crippen molar-refractivity contribution in [3.63, 3.8) is 0 Å². The molecule has 0 aliphatic carbocycles. The molecule has 0 bridgehead atoms. The van der Waals surface area contributed by atoms with E-state index >= 15 is 0 Å². The van der Waals surface area contributed by atoms with E-state index in [0.717, 1.165) is 11.3 Å². The molecular formula is C21H20BrNO5S. The number of rotatable bonds is 8. The lowest BCUT2D eigenvalue weighted by atomic mass is 10.0. The van der Waals surface area contributed by atoms with Crippen LogP contribution in [0, 0.1) is 0 Å². The fourth-order valence-corrected chi connectivity index (χ4v) is 3.89. The van der Waals surface area contributed by atoms with Gasteiger partial charge in [-0.25, -0.2) is 4.79 Å². The second kappa shape index (κ2) is 9.76. The molecule has 1 N–H and O–H groups in total. The number of hydrogen-bond donors (Lipinski definition) is 1. The van der Waals surface area contributed by atoms with Crippen molar-refractivity contribution in [3.05, 3.63) is 57.8 Å². The first-order valence-electron chi connectivity index (χ1n) is 9.12. The Balaban J connectivity index is 1.93. The normalized spacial score (nSPS) is 10.6. The largest absolute Gasteiger partial charge is 0.494 e. The van der Waals surface area contributed by atoms with Crippen LogP contribution in [-0.4, -0.2) is 25.1 Å². The van der Waals surface area contributed by atoms with E-state index in [1.54, 1.807) is 12.1 Å². The molecular weight excluding hydrogens is 458 g/mol. The third-order valence-corrected chi connectivity index (χ3v) is 5.25. The molecule has 6 nitrogen and oxygen atoms in total. The van der Waals surface area contributed by atoms with Gasteiger partial charge in [0.15, 0.2) is 10.4 Å². The molecule has 8 heteroatoms. The molecule has 0 saturated carbocycles. The monoisotopic (exact) mass is 477 g/mol. The number of nitrogens with one attached hydrogen (secondary N) is 1. The lowest BCUT2D eigenvalue weighted by molar-refractivity contribution is 0.0507. The Bertz CT molecular complexity index is 993. The van der Waals surface area contributed by atoms with E-state index in [1.807, 2.05) is 43.5 Å². The second-order valence-electron chi connectivity index (χ2n) is 6.00. The average Bonchev–Trinajstić information content (AvgIpc) is 3.33. The number of esters is 1. The first-order chi connectivity index (χ1) is 14.0. The summed E-state index contributed by atoms with van der Waals surface area (Å²) in [5.74, 6) is -0.0347. The summed E-state index contributed by atoms with van der Waals surface area (Å²) >= 11 is 4.43. The molecule has 0 unspecified atom stereocenters. The van der Waals surface area contributed by atoms with Crippen molar-refractivity contribution in [2.24, 2.45) is 0 Å². The number of carbonyl (C=O) groups excluding carboxylic acids is 2. The third kappa shape index (κ3) is 5.07. The van der Waals surface area contributed by atoms with Crippen molar-refractivity contribution in [1.29, 1.82) is 0 Å². The molecule has 0 atom stereocenters. The van der Waals surface area contributed by atoms with Gasteiger partial charge in [0.1, 0.15) is 16.3 Å². The van der Waals surface area contributed by atoms with Gasteiger partial charge in [-0.2, -0.15) is 0 Å². The Morgan fingerprint density at radius 1 is 1.14 bits per heavy atom. The Morgan fingerprint density at radius 2 is 1.90 bits per heavy atom. The number of halogens is 1. The predicted molar refractivity (Wildman–Crippen MR) is 116 cm³/mol. The van der Waals surface area contributed by atoms with E-state index in [4.69, 9.17) is 13.9 Å². The van der Waals surface area contributed by atoms with Gasteiger partial charge >= 0.3 is 5.97 Å². The second-order valence-corrected chi connectivity index (χ2v) is 7.67. The summed E-state index contributed by atoms with van der Waals surface area (Å²) in [6.45, 7) is 4.72. The lowest BCUT2D eigenvalue weighted by Gasteiger charge is -2.09. The molecule has 3 rings (SSSR count). The number of hydrogen-bond acceptors (Lipinski definition) is 6. The summed E-state index contributed by atoms with van der Waals surface area (Å²) < 4.78 is 16.6. The summed E-state index contributed by atoms with van der Waals surface area (Å²) in [5.41, 5.74) is 1.84. The van der Waals surface area contributed by atoms with E-state index in [9.17, 15) is 9.59 Å². The average molecular weight is 478 g/mol. The van der Waals surface area contributed by atoms with E-state index in [-0.39, 0.29) is 5.76 Å². The van der Waals surface area contributed by atoms with E-state index < -0.39 is 11.9 Å². The molecule has 152 valence electrons. The van der Waals surface area contributed by atoms with Crippen LogP contribution >= 0.6 is 27.3 Å². The summed E-state index contributed by atoms with van der Waals surface area (Å²) in [4.78, 5) is 25.2. The van der Waals surface area contributed by atoms with Crippen LogP contribution in [0.15, 0.2) is 50.9 Å². The maximum Gasteiger partial charge on any atom is 0.341 e. The zero-order valence-electron chi connectivity index (χ0n) is 16.0. The highest BCUT2D eigenvalue weighted by Crippen LogP contribution is 2.37. The van der Waals surface area contributed by atoms with Crippen molar-refractivity contribution < 1.29 is 23.5 Å². The standard InChI is InChI=1S/C21H20BrNO5S/c1-3-11-27-21(25)18-15(13-5-7-14(8-6-13)26-4-2)12-29-20(18)23-19(24)16-9-10-17(22)28-16/h5-10,12H,3-4,11H2,1-2H3,(H,23,24). The third-order valence-electron chi connectivity index (χ3n) is 3.93. The quantitative estimate of drug-likeness (QED) is 0.403. The minimum absolute atomic E-state index is 0.140. The van der Waals surface area contributed by atoms with Crippen molar-refractivity contribution in [2.45, 2.75) is 20.3 Å². The van der Waals surface area contributed by atoms with Crippen LogP contribution < -0.4 is 10.1 Å². The fourth-order valence-electron chi connectivity index (χ4n) is 2.63. The molecule has 2 heterocycles. The SMILES string of the molecule is CCCOC(=O)c1c(-c2ccc(OCC)cc2)csc1NC(=O)c1ccc(Br)o1. The first-order valence-corrected chi connectivity index (χ1v) is 10.8. The van der Waals surface area contributed by atoms with Gasteiger partial charge in [-0.05, 0) is 59.1 Å². The molecule has 1 aromatic carbocycles. The molecule has 0 radical (unpaired) electrons. The van der Waals surface area contributed by atoms with Crippen LogP contribution in [0.1, 0.15) is 41.2 Å². The van der Waals surface area contributed by atoms with Gasteiger partial charge in [0, 0.05) is 10.9 Å². The van der Waals surface area contributed by atoms with Gasteiger partial charge in [-0.15, -0.1) is 11.3 Å². The zero-order chi connectivity index (χ0) is 20.8.